The summed E-state index contributed by atoms with van der Waals surface area (Å²) in [5.74, 6) is -0.753. The highest BCUT2D eigenvalue weighted by molar-refractivity contribution is 5.98. The van der Waals surface area contributed by atoms with Crippen molar-refractivity contribution >= 4 is 27.6 Å². The van der Waals surface area contributed by atoms with E-state index in [4.69, 9.17) is 15.6 Å². The maximum absolute atomic E-state index is 14.7. The smallest absolute Gasteiger partial charge is 0.261 e. The molecule has 188 valence electrons. The molecule has 3 heterocycles. The molecule has 2 aromatic carbocycles. The number of nitrogens with zero attached hydrogens (tertiary/aromatic N) is 5. The second-order valence-electron chi connectivity index (χ2n) is 9.27. The highest BCUT2D eigenvalue weighted by Crippen LogP contribution is 2.34. The number of anilines is 1. The first-order chi connectivity index (χ1) is 18.0. The minimum absolute atomic E-state index is 0.0248. The van der Waals surface area contributed by atoms with Crippen LogP contribution in [0.3, 0.4) is 0 Å². The minimum atomic E-state index is -0.537. The zero-order valence-electron chi connectivity index (χ0n) is 20.1. The van der Waals surface area contributed by atoms with E-state index < -0.39 is 11.6 Å². The van der Waals surface area contributed by atoms with E-state index in [1.54, 1.807) is 27.4 Å². The predicted molar refractivity (Wildman–Crippen MR) is 136 cm³/mol. The van der Waals surface area contributed by atoms with E-state index in [0.717, 1.165) is 25.7 Å². The van der Waals surface area contributed by atoms with Crippen LogP contribution >= 0.6 is 0 Å². The highest BCUT2D eigenvalue weighted by atomic mass is 19.1. The Kier molecular flexibility index (Phi) is 5.58. The molecule has 5 aromatic rings. The minimum Gasteiger partial charge on any atom is -0.494 e. The van der Waals surface area contributed by atoms with Gasteiger partial charge in [-0.15, -0.1) is 0 Å². The van der Waals surface area contributed by atoms with Gasteiger partial charge in [-0.2, -0.15) is 5.10 Å². The molecule has 0 unspecified atom stereocenters. The number of aromatic nitrogens is 5. The van der Waals surface area contributed by atoms with Crippen LogP contribution in [-0.2, 0) is 6.54 Å². The number of pyridine rings is 1. The molecule has 0 radical (unpaired) electrons. The van der Waals surface area contributed by atoms with E-state index in [2.05, 4.69) is 9.97 Å². The Morgan fingerprint density at radius 2 is 1.86 bits per heavy atom. The molecular formula is C27H24F2N6O2. The molecule has 0 saturated heterocycles. The average molecular weight is 503 g/mol. The molecule has 0 atom stereocenters. The van der Waals surface area contributed by atoms with Gasteiger partial charge in [0.1, 0.15) is 23.7 Å². The maximum atomic E-state index is 14.7. The number of halogens is 2. The number of methoxy groups -OCH3 is 1. The Morgan fingerprint density at radius 1 is 1.05 bits per heavy atom. The molecular weight excluding hydrogens is 478 g/mol. The fourth-order valence-electron chi connectivity index (χ4n) is 5.38. The van der Waals surface area contributed by atoms with Crippen LogP contribution in [0.2, 0.25) is 0 Å². The van der Waals surface area contributed by atoms with Crippen LogP contribution in [0.4, 0.5) is 14.6 Å². The standard InChI is InChI=1S/C27H24F2N6O2/c1-37-21-10-9-16(12-20(21)29)24-23-25(30)31-14-32-26(23)34(33-24)13-18-11-15-5-4-8-19(28)22(15)27(36)35(18)17-6-2-3-7-17/h4-5,8-12,14,17H,2-3,6-7,13H2,1H3,(H2,30,31,32). The van der Waals surface area contributed by atoms with Gasteiger partial charge in [0, 0.05) is 17.3 Å². The zero-order chi connectivity index (χ0) is 25.7. The fraction of sp³-hybridized carbons (Fsp3) is 0.259. The number of nitrogen functional groups attached to an aromatic ring is 1. The summed E-state index contributed by atoms with van der Waals surface area (Å²) in [4.78, 5) is 22.1. The number of hydrogen-bond donors (Lipinski definition) is 1. The maximum Gasteiger partial charge on any atom is 0.261 e. The lowest BCUT2D eigenvalue weighted by Crippen LogP contribution is -2.28. The van der Waals surface area contributed by atoms with Crippen LogP contribution < -0.4 is 16.0 Å². The third-order valence-electron chi connectivity index (χ3n) is 7.10. The molecule has 1 fully saturated rings. The van der Waals surface area contributed by atoms with Gasteiger partial charge in [0.25, 0.3) is 5.56 Å². The highest BCUT2D eigenvalue weighted by Gasteiger charge is 2.25. The summed E-state index contributed by atoms with van der Waals surface area (Å²) in [6, 6.07) is 11.0. The van der Waals surface area contributed by atoms with Crippen LogP contribution in [0.5, 0.6) is 5.75 Å². The van der Waals surface area contributed by atoms with Crippen molar-refractivity contribution in [1.29, 1.82) is 0 Å². The van der Waals surface area contributed by atoms with Crippen molar-refractivity contribution in [1.82, 2.24) is 24.3 Å². The number of benzene rings is 2. The first kappa shape index (κ1) is 23.1. The van der Waals surface area contributed by atoms with E-state index >= 15 is 0 Å². The number of fused-ring (bicyclic) bond motifs is 2. The molecule has 0 aliphatic heterocycles. The second kappa shape index (κ2) is 8.95. The monoisotopic (exact) mass is 502 g/mol. The van der Waals surface area contributed by atoms with E-state index in [0.29, 0.717) is 33.4 Å². The molecule has 2 N–H and O–H groups in total. The summed E-state index contributed by atoms with van der Waals surface area (Å²) in [6.07, 6.45) is 5.05. The first-order valence-electron chi connectivity index (χ1n) is 12.1. The van der Waals surface area contributed by atoms with Crippen molar-refractivity contribution in [2.45, 2.75) is 38.3 Å². The molecule has 0 bridgehead atoms. The van der Waals surface area contributed by atoms with Gasteiger partial charge < -0.3 is 15.0 Å². The van der Waals surface area contributed by atoms with Crippen molar-refractivity contribution in [2.24, 2.45) is 0 Å². The predicted octanol–water partition coefficient (Wildman–Crippen LogP) is 4.84. The van der Waals surface area contributed by atoms with Crippen molar-refractivity contribution in [3.8, 4) is 17.0 Å². The topological polar surface area (TPSA) is 101 Å². The third-order valence-corrected chi connectivity index (χ3v) is 7.10. The van der Waals surface area contributed by atoms with Crippen molar-refractivity contribution < 1.29 is 13.5 Å². The van der Waals surface area contributed by atoms with Crippen molar-refractivity contribution in [3.63, 3.8) is 0 Å². The van der Waals surface area contributed by atoms with Crippen LogP contribution in [0.1, 0.15) is 37.4 Å². The summed E-state index contributed by atoms with van der Waals surface area (Å²) >= 11 is 0. The first-order valence-corrected chi connectivity index (χ1v) is 12.1. The van der Waals surface area contributed by atoms with E-state index in [1.807, 2.05) is 6.07 Å². The molecule has 6 rings (SSSR count). The molecule has 1 aliphatic carbocycles. The normalized spacial score (nSPS) is 14.1. The van der Waals surface area contributed by atoms with Gasteiger partial charge >= 0.3 is 0 Å². The molecule has 1 saturated carbocycles. The molecule has 0 amide bonds. The lowest BCUT2D eigenvalue weighted by molar-refractivity contribution is 0.386. The summed E-state index contributed by atoms with van der Waals surface area (Å²) in [7, 11) is 1.40. The summed E-state index contributed by atoms with van der Waals surface area (Å²) in [5, 5.41) is 5.84. The lowest BCUT2D eigenvalue weighted by atomic mass is 10.1. The molecule has 1 aliphatic rings. The Hall–Kier alpha value is -4.34. The summed E-state index contributed by atoms with van der Waals surface area (Å²) < 4.78 is 37.6. The number of rotatable bonds is 5. The van der Waals surface area contributed by atoms with E-state index in [9.17, 15) is 13.6 Å². The summed E-state index contributed by atoms with van der Waals surface area (Å²) in [5.41, 5.74) is 7.90. The van der Waals surface area contributed by atoms with Gasteiger partial charge in [-0.05, 0) is 48.6 Å². The van der Waals surface area contributed by atoms with Crippen LogP contribution in [-0.4, -0.2) is 31.4 Å². The lowest BCUT2D eigenvalue weighted by Gasteiger charge is -2.20. The van der Waals surface area contributed by atoms with Gasteiger partial charge in [-0.25, -0.2) is 23.4 Å². The van der Waals surface area contributed by atoms with Gasteiger partial charge in [-0.3, -0.25) is 4.79 Å². The largest absolute Gasteiger partial charge is 0.494 e. The average Bonchev–Trinajstić information content (AvgIpc) is 3.53. The molecule has 0 spiro atoms. The zero-order valence-corrected chi connectivity index (χ0v) is 20.1. The second-order valence-corrected chi connectivity index (χ2v) is 9.27. The van der Waals surface area contributed by atoms with Crippen molar-refractivity contribution in [3.05, 3.63) is 76.5 Å². The van der Waals surface area contributed by atoms with Crippen LogP contribution in [0, 0.1) is 11.6 Å². The fourth-order valence-corrected chi connectivity index (χ4v) is 5.38. The number of ether oxygens (including phenoxy) is 1. The number of hydrogen-bond acceptors (Lipinski definition) is 6. The van der Waals surface area contributed by atoms with Gasteiger partial charge in [0.2, 0.25) is 0 Å². The van der Waals surface area contributed by atoms with E-state index in [-0.39, 0.29) is 35.1 Å². The molecule has 8 nitrogen and oxygen atoms in total. The van der Waals surface area contributed by atoms with Gasteiger partial charge in [-0.1, -0.05) is 25.0 Å². The van der Waals surface area contributed by atoms with Crippen molar-refractivity contribution in [2.75, 3.05) is 12.8 Å². The third kappa shape index (κ3) is 3.80. The van der Waals surface area contributed by atoms with E-state index in [1.165, 1.54) is 31.6 Å². The van der Waals surface area contributed by atoms with Gasteiger partial charge in [0.15, 0.2) is 17.2 Å². The van der Waals surface area contributed by atoms with Gasteiger partial charge in [0.05, 0.1) is 24.4 Å². The Bertz CT molecular complexity index is 1720. The van der Waals surface area contributed by atoms with Crippen LogP contribution in [0.25, 0.3) is 33.1 Å². The Balaban J connectivity index is 1.55. The quantitative estimate of drug-likeness (QED) is 0.369. The molecule has 3 aromatic heterocycles. The molecule has 10 heteroatoms. The Labute approximate surface area is 210 Å². The van der Waals surface area contributed by atoms with Crippen LogP contribution in [0.15, 0.2) is 53.6 Å². The summed E-state index contributed by atoms with van der Waals surface area (Å²) in [6.45, 7) is 0.184. The SMILES string of the molecule is COc1ccc(-c2nn(Cc3cc4cccc(F)c4c(=O)n3C3CCCC3)c3ncnc(N)c23)cc1F. The molecule has 37 heavy (non-hydrogen) atoms. The number of nitrogens with two attached hydrogens (primary N) is 1. The Morgan fingerprint density at radius 3 is 2.62 bits per heavy atom.